The zero-order valence-corrected chi connectivity index (χ0v) is 21.1. The van der Waals surface area contributed by atoms with Gasteiger partial charge in [0.1, 0.15) is 5.75 Å². The Morgan fingerprint density at radius 1 is 1.12 bits per heavy atom. The van der Waals surface area contributed by atoms with Crippen LogP contribution >= 0.6 is 0 Å². The van der Waals surface area contributed by atoms with E-state index in [-0.39, 0.29) is 17.9 Å². The molecule has 1 N–H and O–H groups in total. The van der Waals surface area contributed by atoms with E-state index in [2.05, 4.69) is 10.2 Å². The first kappa shape index (κ1) is 24.7. The molecular formula is C26H35N3O4S. The SMILES string of the molecule is COc1cccc([C@H](CNC(=O)C2CCN(S(=O)(=O)c3ccc4c(c3)CCC4)CC2)N(C)C)c1. The normalized spacial score (nSPS) is 18.0. The fourth-order valence-corrected chi connectivity index (χ4v) is 6.53. The summed E-state index contributed by atoms with van der Waals surface area (Å²) in [5, 5.41) is 3.09. The molecular weight excluding hydrogens is 450 g/mol. The minimum atomic E-state index is -3.53. The molecule has 34 heavy (non-hydrogen) atoms. The van der Waals surface area contributed by atoms with E-state index < -0.39 is 10.0 Å². The van der Waals surface area contributed by atoms with Crippen LogP contribution in [0.2, 0.25) is 0 Å². The number of nitrogens with zero attached hydrogens (tertiary/aromatic N) is 2. The Kier molecular flexibility index (Phi) is 7.60. The Hall–Kier alpha value is -2.42. The van der Waals surface area contributed by atoms with Crippen molar-refractivity contribution >= 4 is 15.9 Å². The molecule has 0 radical (unpaired) electrons. The van der Waals surface area contributed by atoms with Gasteiger partial charge < -0.3 is 15.0 Å². The molecule has 1 heterocycles. The molecule has 0 saturated carbocycles. The lowest BCUT2D eigenvalue weighted by atomic mass is 9.97. The summed E-state index contributed by atoms with van der Waals surface area (Å²) in [7, 11) is 2.08. The van der Waals surface area contributed by atoms with Gasteiger partial charge in [-0.05, 0) is 87.2 Å². The van der Waals surface area contributed by atoms with Gasteiger partial charge in [0.2, 0.25) is 15.9 Å². The van der Waals surface area contributed by atoms with Crippen molar-refractivity contribution in [2.24, 2.45) is 5.92 Å². The molecule has 1 aliphatic carbocycles. The lowest BCUT2D eigenvalue weighted by Crippen LogP contribution is -2.44. The van der Waals surface area contributed by atoms with Gasteiger partial charge in [0, 0.05) is 25.6 Å². The van der Waals surface area contributed by atoms with Crippen molar-refractivity contribution in [2.75, 3.05) is 40.8 Å². The quantitative estimate of drug-likeness (QED) is 0.622. The van der Waals surface area contributed by atoms with Crippen LogP contribution in [0.1, 0.15) is 42.0 Å². The highest BCUT2D eigenvalue weighted by atomic mass is 32.2. The van der Waals surface area contributed by atoms with E-state index in [1.54, 1.807) is 13.2 Å². The van der Waals surface area contributed by atoms with E-state index in [1.807, 2.05) is 50.5 Å². The summed E-state index contributed by atoms with van der Waals surface area (Å²) in [5.74, 6) is 0.594. The second-order valence-corrected chi connectivity index (χ2v) is 11.4. The van der Waals surface area contributed by atoms with Gasteiger partial charge in [-0.2, -0.15) is 4.31 Å². The number of fused-ring (bicyclic) bond motifs is 1. The van der Waals surface area contributed by atoms with Crippen molar-refractivity contribution in [1.82, 2.24) is 14.5 Å². The largest absolute Gasteiger partial charge is 0.497 e. The summed E-state index contributed by atoms with van der Waals surface area (Å²) < 4.78 is 33.2. The molecule has 0 bridgehead atoms. The van der Waals surface area contributed by atoms with Crippen molar-refractivity contribution in [3.63, 3.8) is 0 Å². The Bertz CT molecular complexity index is 1120. The molecule has 1 saturated heterocycles. The topological polar surface area (TPSA) is 79.0 Å². The van der Waals surface area contributed by atoms with Gasteiger partial charge in [-0.25, -0.2) is 8.42 Å². The number of benzene rings is 2. The average molecular weight is 486 g/mol. The van der Waals surface area contributed by atoms with E-state index >= 15 is 0 Å². The third-order valence-electron chi connectivity index (χ3n) is 7.10. The van der Waals surface area contributed by atoms with Crippen LogP contribution in [0.3, 0.4) is 0 Å². The number of carbonyl (C=O) groups is 1. The maximum absolute atomic E-state index is 13.2. The summed E-state index contributed by atoms with van der Waals surface area (Å²) >= 11 is 0. The van der Waals surface area contributed by atoms with E-state index in [0.29, 0.717) is 37.4 Å². The van der Waals surface area contributed by atoms with Crippen LogP contribution in [0.5, 0.6) is 5.75 Å². The number of likely N-dealkylation sites (N-methyl/N-ethyl adjacent to an activating group) is 1. The molecule has 1 atom stereocenters. The summed E-state index contributed by atoms with van der Waals surface area (Å²) in [6.07, 6.45) is 4.13. The van der Waals surface area contributed by atoms with E-state index in [4.69, 9.17) is 4.74 Å². The molecule has 1 amide bonds. The lowest BCUT2D eigenvalue weighted by Gasteiger charge is -2.31. The van der Waals surface area contributed by atoms with Crippen LogP contribution in [0.25, 0.3) is 0 Å². The third kappa shape index (κ3) is 5.29. The first-order valence-corrected chi connectivity index (χ1v) is 13.4. The van der Waals surface area contributed by atoms with Gasteiger partial charge in [0.15, 0.2) is 0 Å². The van der Waals surface area contributed by atoms with Crippen LogP contribution in [0.4, 0.5) is 0 Å². The van der Waals surface area contributed by atoms with Gasteiger partial charge in [0.25, 0.3) is 0 Å². The molecule has 8 heteroatoms. The fourth-order valence-electron chi connectivity index (χ4n) is 5.01. The predicted octanol–water partition coefficient (Wildman–Crippen LogP) is 3.00. The zero-order chi connectivity index (χ0) is 24.3. The zero-order valence-electron chi connectivity index (χ0n) is 20.3. The van der Waals surface area contributed by atoms with E-state index in [0.717, 1.165) is 36.1 Å². The summed E-state index contributed by atoms with van der Waals surface area (Å²) in [5.41, 5.74) is 3.49. The number of aryl methyl sites for hydroxylation is 2. The smallest absolute Gasteiger partial charge is 0.243 e. The molecule has 0 aromatic heterocycles. The van der Waals surface area contributed by atoms with Crippen LogP contribution in [-0.4, -0.2) is 64.4 Å². The maximum atomic E-state index is 13.2. The van der Waals surface area contributed by atoms with Gasteiger partial charge in [-0.1, -0.05) is 18.2 Å². The van der Waals surface area contributed by atoms with E-state index in [1.165, 1.54) is 9.87 Å². The average Bonchev–Trinajstić information content (AvgIpc) is 3.32. The number of piperidine rings is 1. The van der Waals surface area contributed by atoms with Crippen molar-refractivity contribution < 1.29 is 17.9 Å². The van der Waals surface area contributed by atoms with Gasteiger partial charge in [-0.15, -0.1) is 0 Å². The maximum Gasteiger partial charge on any atom is 0.243 e. The monoisotopic (exact) mass is 485 g/mol. The number of hydrogen-bond donors (Lipinski definition) is 1. The molecule has 1 aliphatic heterocycles. The van der Waals surface area contributed by atoms with Crippen LogP contribution < -0.4 is 10.1 Å². The molecule has 0 spiro atoms. The Morgan fingerprint density at radius 2 is 1.85 bits per heavy atom. The van der Waals surface area contributed by atoms with Crippen molar-refractivity contribution in [3.05, 3.63) is 59.2 Å². The molecule has 2 aromatic carbocycles. The minimum Gasteiger partial charge on any atom is -0.497 e. The predicted molar refractivity (Wildman–Crippen MR) is 132 cm³/mol. The molecule has 184 valence electrons. The number of sulfonamides is 1. The Balaban J connectivity index is 1.34. The Morgan fingerprint density at radius 3 is 2.56 bits per heavy atom. The number of rotatable bonds is 8. The lowest BCUT2D eigenvalue weighted by molar-refractivity contribution is -0.126. The third-order valence-corrected chi connectivity index (χ3v) is 9.00. The van der Waals surface area contributed by atoms with Crippen LogP contribution in [-0.2, 0) is 27.7 Å². The Labute approximate surface area is 203 Å². The first-order chi connectivity index (χ1) is 16.3. The second-order valence-electron chi connectivity index (χ2n) is 9.46. The van der Waals surface area contributed by atoms with Crippen molar-refractivity contribution in [2.45, 2.75) is 43.0 Å². The van der Waals surface area contributed by atoms with Gasteiger partial charge in [0.05, 0.1) is 18.0 Å². The molecule has 4 rings (SSSR count). The summed E-state index contributed by atoms with van der Waals surface area (Å²) in [6, 6.07) is 13.4. The highest BCUT2D eigenvalue weighted by Gasteiger charge is 2.33. The standard InChI is InChI=1S/C26H35N3O4S/c1-28(2)25(22-8-5-9-23(16-22)33-3)18-27-26(30)20-12-14-29(15-13-20)34(31,32)24-11-10-19-6-4-7-21(19)17-24/h5,8-11,16-17,20,25H,4,6-7,12-15,18H2,1-3H3,(H,27,30)/t25-/m0/s1. The molecule has 1 fully saturated rings. The number of carbonyl (C=O) groups excluding carboxylic acids is 1. The summed E-state index contributed by atoms with van der Waals surface area (Å²) in [6.45, 7) is 1.21. The van der Waals surface area contributed by atoms with Gasteiger partial charge >= 0.3 is 0 Å². The second kappa shape index (κ2) is 10.5. The van der Waals surface area contributed by atoms with E-state index in [9.17, 15) is 13.2 Å². The van der Waals surface area contributed by atoms with Crippen molar-refractivity contribution in [1.29, 1.82) is 0 Å². The highest BCUT2D eigenvalue weighted by molar-refractivity contribution is 7.89. The molecule has 7 nitrogen and oxygen atoms in total. The number of hydrogen-bond acceptors (Lipinski definition) is 5. The highest BCUT2D eigenvalue weighted by Crippen LogP contribution is 2.29. The molecule has 2 aromatic rings. The van der Waals surface area contributed by atoms with Crippen LogP contribution in [0, 0.1) is 5.92 Å². The number of nitrogens with one attached hydrogen (secondary N) is 1. The first-order valence-electron chi connectivity index (χ1n) is 12.0. The molecule has 2 aliphatic rings. The fraction of sp³-hybridized carbons (Fsp3) is 0.500. The molecule has 0 unspecified atom stereocenters. The van der Waals surface area contributed by atoms with Gasteiger partial charge in [-0.3, -0.25) is 4.79 Å². The number of ether oxygens (including phenoxy) is 1. The minimum absolute atomic E-state index is 0.00988. The van der Waals surface area contributed by atoms with Crippen molar-refractivity contribution in [3.8, 4) is 5.75 Å². The summed E-state index contributed by atoms with van der Waals surface area (Å²) in [4.78, 5) is 15.4. The van der Waals surface area contributed by atoms with Crippen LogP contribution in [0.15, 0.2) is 47.4 Å². The number of methoxy groups -OCH3 is 1. The number of amides is 1.